The Labute approximate surface area is 305 Å². The van der Waals surface area contributed by atoms with Crippen molar-refractivity contribution in [1.29, 1.82) is 0 Å². The van der Waals surface area contributed by atoms with E-state index in [0.29, 0.717) is 0 Å². The van der Waals surface area contributed by atoms with Crippen LogP contribution in [-0.2, 0) is 0 Å². The molecule has 0 fully saturated rings. The van der Waals surface area contributed by atoms with Crippen molar-refractivity contribution < 1.29 is 0 Å². The highest BCUT2D eigenvalue weighted by atomic mass is 32.1. The Morgan fingerprint density at radius 3 is 2.41 bits per heavy atom. The SMILES string of the molecule is C=CC=NC1C=C(C(=C\C)/C(/C=C\C(C)/C=C(\C=C)c2ccc(-c3nc4ccccc4c4c3ccc3c5ccccc5sc34)cc2)=C/C)C=CC1. The second kappa shape index (κ2) is 15.1. The molecule has 2 aromatic heterocycles. The summed E-state index contributed by atoms with van der Waals surface area (Å²) < 4.78 is 2.63. The van der Waals surface area contributed by atoms with E-state index in [1.165, 1.54) is 53.1 Å². The normalized spacial score (nSPS) is 16.6. The lowest BCUT2D eigenvalue weighted by molar-refractivity contribution is 0.825. The van der Waals surface area contributed by atoms with Crippen molar-refractivity contribution in [2.45, 2.75) is 33.2 Å². The molecule has 6 aromatic rings. The standard InChI is InChI=1S/C48H42N2S/c1-6-29-49-38-16-14-15-37(31-38)39(9-4)33(7-2)22-21-32(5)30-34(8-3)35-23-25-36(26-24-35)47-43-28-27-41-40-17-11-13-20-45(40)51-48(41)46(43)42-18-10-12-19-44(42)50-47/h6-15,17-32,38H,1,3,16H2,2,4-5H3/b22-21-,33-7+,34-30+,39-9-,49-29?. The average molecular weight is 679 g/mol. The molecule has 2 unspecified atom stereocenters. The van der Waals surface area contributed by atoms with Crippen LogP contribution in [0.2, 0.25) is 0 Å². The van der Waals surface area contributed by atoms with E-state index in [9.17, 15) is 0 Å². The molecule has 1 aliphatic carbocycles. The molecular formula is C48H42N2S. The van der Waals surface area contributed by atoms with E-state index in [1.807, 2.05) is 17.4 Å². The van der Waals surface area contributed by atoms with Crippen molar-refractivity contribution in [1.82, 2.24) is 4.98 Å². The zero-order valence-electron chi connectivity index (χ0n) is 29.5. The molecule has 4 aromatic carbocycles. The number of aliphatic imine (C=N–C) groups is 1. The first kappa shape index (κ1) is 33.8. The van der Waals surface area contributed by atoms with Gasteiger partial charge in [0, 0.05) is 48.1 Å². The van der Waals surface area contributed by atoms with Gasteiger partial charge < -0.3 is 0 Å². The smallest absolute Gasteiger partial charge is 0.0788 e. The summed E-state index contributed by atoms with van der Waals surface area (Å²) >= 11 is 1.87. The average Bonchev–Trinajstić information content (AvgIpc) is 3.56. The van der Waals surface area contributed by atoms with E-state index in [2.05, 4.69) is 172 Å². The molecule has 0 radical (unpaired) electrons. The van der Waals surface area contributed by atoms with Crippen LogP contribution >= 0.6 is 11.3 Å². The number of hydrogen-bond donors (Lipinski definition) is 0. The first-order chi connectivity index (χ1) is 25.0. The van der Waals surface area contributed by atoms with Crippen LogP contribution in [0.5, 0.6) is 0 Å². The second-order valence-corrected chi connectivity index (χ2v) is 13.9. The highest BCUT2D eigenvalue weighted by molar-refractivity contribution is 7.26. The van der Waals surface area contributed by atoms with Gasteiger partial charge in [-0.25, -0.2) is 4.98 Å². The third-order valence-corrected chi connectivity index (χ3v) is 10.8. The Morgan fingerprint density at radius 2 is 1.65 bits per heavy atom. The summed E-state index contributed by atoms with van der Waals surface area (Å²) in [6, 6.07) is 30.7. The highest BCUT2D eigenvalue weighted by Crippen LogP contribution is 2.43. The van der Waals surface area contributed by atoms with Crippen LogP contribution in [-0.4, -0.2) is 17.2 Å². The van der Waals surface area contributed by atoms with Crippen LogP contribution < -0.4 is 0 Å². The summed E-state index contributed by atoms with van der Waals surface area (Å²) in [6.45, 7) is 14.4. The molecular weight excluding hydrogens is 637 g/mol. The molecule has 0 saturated heterocycles. The predicted octanol–water partition coefficient (Wildman–Crippen LogP) is 13.6. The van der Waals surface area contributed by atoms with Crippen molar-refractivity contribution in [3.8, 4) is 11.3 Å². The van der Waals surface area contributed by atoms with Crippen LogP contribution in [0.25, 0.3) is 58.7 Å². The molecule has 0 bridgehead atoms. The largest absolute Gasteiger partial charge is 0.285 e. The van der Waals surface area contributed by atoms with Gasteiger partial charge >= 0.3 is 0 Å². The fourth-order valence-corrected chi connectivity index (χ4v) is 8.36. The van der Waals surface area contributed by atoms with E-state index in [-0.39, 0.29) is 12.0 Å². The van der Waals surface area contributed by atoms with Gasteiger partial charge in [-0.3, -0.25) is 4.99 Å². The number of rotatable bonds is 10. The van der Waals surface area contributed by atoms with Gasteiger partial charge in [0.1, 0.15) is 0 Å². The third kappa shape index (κ3) is 6.78. The number of hydrogen-bond acceptors (Lipinski definition) is 3. The monoisotopic (exact) mass is 678 g/mol. The minimum Gasteiger partial charge on any atom is -0.285 e. The van der Waals surface area contributed by atoms with Crippen molar-refractivity contribution >= 4 is 65.0 Å². The summed E-state index contributed by atoms with van der Waals surface area (Å²) in [5.41, 5.74) is 8.97. The molecule has 0 spiro atoms. The van der Waals surface area contributed by atoms with E-state index in [0.717, 1.165) is 34.3 Å². The van der Waals surface area contributed by atoms with Crippen LogP contribution in [0.15, 0.2) is 181 Å². The number of para-hydroxylation sites is 1. The van der Waals surface area contributed by atoms with E-state index < -0.39 is 0 Å². The van der Waals surface area contributed by atoms with Gasteiger partial charge in [-0.2, -0.15) is 0 Å². The molecule has 7 rings (SSSR count). The minimum absolute atomic E-state index is 0.136. The van der Waals surface area contributed by atoms with Gasteiger partial charge in [0.25, 0.3) is 0 Å². The number of aromatic nitrogens is 1. The fourth-order valence-electron chi connectivity index (χ4n) is 7.10. The number of allylic oxidation sites excluding steroid dienone is 12. The van der Waals surface area contributed by atoms with Gasteiger partial charge in [0.2, 0.25) is 0 Å². The van der Waals surface area contributed by atoms with Crippen molar-refractivity contribution in [2.24, 2.45) is 10.9 Å². The number of fused-ring (bicyclic) bond motifs is 7. The van der Waals surface area contributed by atoms with Crippen LogP contribution in [0.4, 0.5) is 0 Å². The molecule has 3 heteroatoms. The Hall–Kier alpha value is -5.64. The van der Waals surface area contributed by atoms with Crippen molar-refractivity contribution in [3.05, 3.63) is 181 Å². The Bertz CT molecular complexity index is 2510. The first-order valence-corrected chi connectivity index (χ1v) is 18.5. The summed E-state index contributed by atoms with van der Waals surface area (Å²) in [4.78, 5) is 9.84. The van der Waals surface area contributed by atoms with Gasteiger partial charge in [-0.05, 0) is 66.2 Å². The third-order valence-electron chi connectivity index (χ3n) is 9.59. The maximum Gasteiger partial charge on any atom is 0.0788 e. The Balaban J connectivity index is 1.18. The first-order valence-electron chi connectivity index (χ1n) is 17.6. The summed E-state index contributed by atoms with van der Waals surface area (Å²) in [6.07, 6.45) is 24.2. The van der Waals surface area contributed by atoms with Gasteiger partial charge in [-0.1, -0.05) is 154 Å². The van der Waals surface area contributed by atoms with E-state index >= 15 is 0 Å². The van der Waals surface area contributed by atoms with Crippen LogP contribution in [0, 0.1) is 5.92 Å². The minimum atomic E-state index is 0.136. The zero-order valence-corrected chi connectivity index (χ0v) is 30.3. The molecule has 0 amide bonds. The van der Waals surface area contributed by atoms with Crippen molar-refractivity contribution in [3.63, 3.8) is 0 Å². The quantitative estimate of drug-likeness (QED) is 0.0804. The van der Waals surface area contributed by atoms with Crippen LogP contribution in [0.1, 0.15) is 32.8 Å². The molecule has 0 saturated carbocycles. The predicted molar refractivity (Wildman–Crippen MR) is 226 cm³/mol. The molecule has 250 valence electrons. The molecule has 2 atom stereocenters. The zero-order chi connectivity index (χ0) is 35.3. The fraction of sp³-hybridized carbons (Fsp3) is 0.125. The lowest BCUT2D eigenvalue weighted by Gasteiger charge is -2.17. The lowest BCUT2D eigenvalue weighted by Crippen LogP contribution is -2.06. The number of thiophene rings is 1. The Morgan fingerprint density at radius 1 is 0.882 bits per heavy atom. The Kier molecular flexibility index (Phi) is 10.0. The molecule has 51 heavy (non-hydrogen) atoms. The molecule has 1 aliphatic rings. The van der Waals surface area contributed by atoms with Crippen LogP contribution in [0.3, 0.4) is 0 Å². The molecule has 0 N–H and O–H groups in total. The number of benzene rings is 4. The maximum absolute atomic E-state index is 5.23. The van der Waals surface area contributed by atoms with Gasteiger partial charge in [0.15, 0.2) is 0 Å². The number of nitrogens with zero attached hydrogens (tertiary/aromatic N) is 2. The van der Waals surface area contributed by atoms with E-state index in [4.69, 9.17) is 4.98 Å². The topological polar surface area (TPSA) is 25.2 Å². The maximum atomic E-state index is 5.23. The highest BCUT2D eigenvalue weighted by Gasteiger charge is 2.16. The summed E-state index contributed by atoms with van der Waals surface area (Å²) in [7, 11) is 0. The lowest BCUT2D eigenvalue weighted by atomic mass is 9.90. The van der Waals surface area contributed by atoms with Gasteiger partial charge in [0.05, 0.1) is 17.3 Å². The number of pyridine rings is 1. The van der Waals surface area contributed by atoms with Gasteiger partial charge in [-0.15, -0.1) is 11.3 Å². The second-order valence-electron chi connectivity index (χ2n) is 12.9. The molecule has 2 nitrogen and oxygen atoms in total. The van der Waals surface area contributed by atoms with E-state index in [1.54, 1.807) is 12.3 Å². The molecule has 0 aliphatic heterocycles. The molecule has 2 heterocycles. The summed E-state index contributed by atoms with van der Waals surface area (Å²) in [5, 5.41) is 6.27. The van der Waals surface area contributed by atoms with Crippen molar-refractivity contribution in [2.75, 3.05) is 0 Å². The summed E-state index contributed by atoms with van der Waals surface area (Å²) in [5.74, 6) is 0.196.